The first-order chi connectivity index (χ1) is 15.4. The number of amides is 1. The number of anilines is 1. The van der Waals surface area contributed by atoms with Gasteiger partial charge in [0.2, 0.25) is 10.0 Å². The van der Waals surface area contributed by atoms with Gasteiger partial charge in [-0.05, 0) is 56.0 Å². The van der Waals surface area contributed by atoms with E-state index in [2.05, 4.69) is 4.90 Å². The molecular formula is C24H31N3O4S. The van der Waals surface area contributed by atoms with Crippen molar-refractivity contribution < 1.29 is 17.9 Å². The molecule has 0 aromatic heterocycles. The Morgan fingerprint density at radius 3 is 2.28 bits per heavy atom. The molecule has 4 rings (SSSR count). The lowest BCUT2D eigenvalue weighted by atomic mass is 10.1. The predicted octanol–water partition coefficient (Wildman–Crippen LogP) is 3.14. The summed E-state index contributed by atoms with van der Waals surface area (Å²) >= 11 is 0. The Morgan fingerprint density at radius 2 is 1.59 bits per heavy atom. The average molecular weight is 458 g/mol. The summed E-state index contributed by atoms with van der Waals surface area (Å²) in [4.78, 5) is 17.2. The molecule has 2 aromatic carbocycles. The number of hydrogen-bond donors (Lipinski definition) is 0. The zero-order valence-corrected chi connectivity index (χ0v) is 19.6. The number of likely N-dealkylation sites (tertiary alicyclic amines) is 1. The summed E-state index contributed by atoms with van der Waals surface area (Å²) in [5.41, 5.74) is 2.26. The first-order valence-corrected chi connectivity index (χ1v) is 12.6. The molecule has 0 bridgehead atoms. The summed E-state index contributed by atoms with van der Waals surface area (Å²) in [5, 5.41) is 0. The Balaban J connectivity index is 1.51. The number of carbonyl (C=O) groups excluding carboxylic acids is 1. The largest absolute Gasteiger partial charge is 0.495 e. The molecule has 2 aliphatic rings. The fraction of sp³-hybridized carbons (Fsp3) is 0.458. The van der Waals surface area contributed by atoms with E-state index in [1.54, 1.807) is 25.3 Å². The van der Waals surface area contributed by atoms with E-state index in [1.165, 1.54) is 4.31 Å². The SMILES string of the molecule is COc1ccccc1N1CCN(S(=O)(=O)c2ccc(C)c(C(=O)N3CCCCC3)c2)CC1. The number of methoxy groups -OCH3 is 1. The minimum absolute atomic E-state index is 0.0692. The number of hydrogen-bond acceptors (Lipinski definition) is 5. The van der Waals surface area contributed by atoms with Crippen LogP contribution in [0.5, 0.6) is 5.75 Å². The number of piperidine rings is 1. The second kappa shape index (κ2) is 9.50. The van der Waals surface area contributed by atoms with E-state index < -0.39 is 10.0 Å². The van der Waals surface area contributed by atoms with Crippen LogP contribution in [0.3, 0.4) is 0 Å². The highest BCUT2D eigenvalue weighted by Crippen LogP contribution is 2.30. The van der Waals surface area contributed by atoms with Crippen molar-refractivity contribution in [3.8, 4) is 5.75 Å². The van der Waals surface area contributed by atoms with Crippen LogP contribution in [-0.4, -0.2) is 69.9 Å². The van der Waals surface area contributed by atoms with E-state index in [0.29, 0.717) is 31.7 Å². The Hall–Kier alpha value is -2.58. The monoisotopic (exact) mass is 457 g/mol. The van der Waals surface area contributed by atoms with Gasteiger partial charge in [-0.3, -0.25) is 4.79 Å². The van der Waals surface area contributed by atoms with E-state index in [-0.39, 0.29) is 10.8 Å². The standard InChI is InChI=1S/C24H31N3O4S/c1-19-10-11-20(18-21(19)24(28)26-12-6-3-7-13-26)32(29,30)27-16-14-25(15-17-27)22-8-4-5-9-23(22)31-2/h4-5,8-11,18H,3,6-7,12-17H2,1-2H3. The van der Waals surface area contributed by atoms with E-state index in [9.17, 15) is 13.2 Å². The minimum atomic E-state index is -3.68. The molecule has 172 valence electrons. The summed E-state index contributed by atoms with van der Waals surface area (Å²) in [6.07, 6.45) is 3.14. The Bertz CT molecular complexity index is 1070. The van der Waals surface area contributed by atoms with Crippen molar-refractivity contribution in [3.63, 3.8) is 0 Å². The van der Waals surface area contributed by atoms with Crippen LogP contribution in [0.4, 0.5) is 5.69 Å². The van der Waals surface area contributed by atoms with E-state index in [1.807, 2.05) is 36.1 Å². The maximum Gasteiger partial charge on any atom is 0.254 e. The van der Waals surface area contributed by atoms with E-state index in [4.69, 9.17) is 4.74 Å². The molecule has 2 fully saturated rings. The molecule has 0 saturated carbocycles. The van der Waals surface area contributed by atoms with Crippen molar-refractivity contribution in [1.82, 2.24) is 9.21 Å². The molecule has 0 unspecified atom stereocenters. The second-order valence-electron chi connectivity index (χ2n) is 8.39. The molecule has 0 atom stereocenters. The van der Waals surface area contributed by atoms with E-state index >= 15 is 0 Å². The highest BCUT2D eigenvalue weighted by atomic mass is 32.2. The number of nitrogens with zero attached hydrogens (tertiary/aromatic N) is 3. The van der Waals surface area contributed by atoms with Crippen LogP contribution in [0, 0.1) is 6.92 Å². The van der Waals surface area contributed by atoms with Crippen LogP contribution in [-0.2, 0) is 10.0 Å². The first-order valence-electron chi connectivity index (χ1n) is 11.2. The quantitative estimate of drug-likeness (QED) is 0.690. The highest BCUT2D eigenvalue weighted by Gasteiger charge is 2.30. The third kappa shape index (κ3) is 4.47. The molecule has 8 heteroatoms. The number of benzene rings is 2. The zero-order valence-electron chi connectivity index (χ0n) is 18.8. The molecule has 2 saturated heterocycles. The fourth-order valence-electron chi connectivity index (χ4n) is 4.47. The first kappa shape index (κ1) is 22.6. The molecular weight excluding hydrogens is 426 g/mol. The van der Waals surface area contributed by atoms with Gasteiger partial charge in [0.1, 0.15) is 5.75 Å². The topological polar surface area (TPSA) is 70.2 Å². The maximum atomic E-state index is 13.4. The Kier molecular flexibility index (Phi) is 6.71. The van der Waals surface area contributed by atoms with Gasteiger partial charge in [0, 0.05) is 44.8 Å². The summed E-state index contributed by atoms with van der Waals surface area (Å²) < 4.78 is 33.7. The molecule has 7 nitrogen and oxygen atoms in total. The number of rotatable bonds is 5. The van der Waals surface area contributed by atoms with Gasteiger partial charge in [-0.1, -0.05) is 18.2 Å². The molecule has 0 N–H and O–H groups in total. The number of para-hydroxylation sites is 2. The van der Waals surface area contributed by atoms with Crippen molar-refractivity contribution in [1.29, 1.82) is 0 Å². The van der Waals surface area contributed by atoms with Gasteiger partial charge in [-0.15, -0.1) is 0 Å². The van der Waals surface area contributed by atoms with Crippen LogP contribution in [0.25, 0.3) is 0 Å². The number of ether oxygens (including phenoxy) is 1. The van der Waals surface area contributed by atoms with Crippen molar-refractivity contribution in [2.75, 3.05) is 51.3 Å². The third-order valence-electron chi connectivity index (χ3n) is 6.38. The smallest absolute Gasteiger partial charge is 0.254 e. The molecule has 0 spiro atoms. The van der Waals surface area contributed by atoms with Gasteiger partial charge >= 0.3 is 0 Å². The molecule has 0 radical (unpaired) electrons. The van der Waals surface area contributed by atoms with Gasteiger partial charge in [0.15, 0.2) is 0 Å². The second-order valence-corrected chi connectivity index (χ2v) is 10.3. The van der Waals surface area contributed by atoms with Gasteiger partial charge in [-0.25, -0.2) is 8.42 Å². The lowest BCUT2D eigenvalue weighted by Gasteiger charge is -2.36. The van der Waals surface area contributed by atoms with E-state index in [0.717, 1.165) is 49.4 Å². The normalized spacial score (nSPS) is 17.9. The predicted molar refractivity (Wildman–Crippen MR) is 125 cm³/mol. The van der Waals surface area contributed by atoms with Crippen molar-refractivity contribution in [2.45, 2.75) is 31.1 Å². The van der Waals surface area contributed by atoms with Crippen molar-refractivity contribution in [2.24, 2.45) is 0 Å². The Labute approximate surface area is 190 Å². The minimum Gasteiger partial charge on any atom is -0.495 e. The summed E-state index contributed by atoms with van der Waals surface area (Å²) in [5.74, 6) is 0.712. The fourth-order valence-corrected chi connectivity index (χ4v) is 5.92. The van der Waals surface area contributed by atoms with Gasteiger partial charge in [-0.2, -0.15) is 4.31 Å². The maximum absolute atomic E-state index is 13.4. The molecule has 1 amide bonds. The lowest BCUT2D eigenvalue weighted by Crippen LogP contribution is -2.48. The summed E-state index contributed by atoms with van der Waals surface area (Å²) in [6, 6.07) is 12.7. The number of piperazine rings is 1. The van der Waals surface area contributed by atoms with Crippen molar-refractivity contribution >= 4 is 21.6 Å². The molecule has 32 heavy (non-hydrogen) atoms. The molecule has 0 aliphatic carbocycles. The zero-order chi connectivity index (χ0) is 22.7. The summed E-state index contributed by atoms with van der Waals surface area (Å²) in [6.45, 7) is 5.24. The van der Waals surface area contributed by atoms with Gasteiger partial charge < -0.3 is 14.5 Å². The number of aryl methyl sites for hydroxylation is 1. The number of sulfonamides is 1. The lowest BCUT2D eigenvalue weighted by molar-refractivity contribution is 0.0723. The van der Waals surface area contributed by atoms with Gasteiger partial charge in [0.25, 0.3) is 5.91 Å². The highest BCUT2D eigenvalue weighted by molar-refractivity contribution is 7.89. The van der Waals surface area contributed by atoms with Crippen LogP contribution in [0.2, 0.25) is 0 Å². The van der Waals surface area contributed by atoms with Crippen LogP contribution in [0.1, 0.15) is 35.2 Å². The van der Waals surface area contributed by atoms with Crippen LogP contribution < -0.4 is 9.64 Å². The van der Waals surface area contributed by atoms with Gasteiger partial charge in [0.05, 0.1) is 17.7 Å². The van der Waals surface area contributed by atoms with Crippen molar-refractivity contribution in [3.05, 3.63) is 53.6 Å². The van der Waals surface area contributed by atoms with Crippen LogP contribution in [0.15, 0.2) is 47.4 Å². The third-order valence-corrected chi connectivity index (χ3v) is 8.28. The summed E-state index contributed by atoms with van der Waals surface area (Å²) in [7, 11) is -2.04. The molecule has 2 aromatic rings. The number of carbonyl (C=O) groups is 1. The van der Waals surface area contributed by atoms with Crippen LogP contribution >= 0.6 is 0 Å². The molecule has 2 aliphatic heterocycles. The average Bonchev–Trinajstić information content (AvgIpc) is 2.84. The molecule has 2 heterocycles. The Morgan fingerprint density at radius 1 is 0.906 bits per heavy atom.